The van der Waals surface area contributed by atoms with Crippen molar-refractivity contribution in [3.8, 4) is 0 Å². The molecular formula is C14H16N+. The Morgan fingerprint density at radius 3 is 2.73 bits per heavy atom. The monoisotopic (exact) mass is 198 g/mol. The third kappa shape index (κ3) is 1.78. The van der Waals surface area contributed by atoms with E-state index in [2.05, 4.69) is 60.3 Å². The number of rotatable bonds is 2. The lowest BCUT2D eigenvalue weighted by Gasteiger charge is -2.01. The van der Waals surface area contributed by atoms with Crippen molar-refractivity contribution in [2.75, 3.05) is 0 Å². The zero-order valence-corrected chi connectivity index (χ0v) is 9.27. The number of benzene rings is 1. The quantitative estimate of drug-likeness (QED) is 0.652. The van der Waals surface area contributed by atoms with Gasteiger partial charge in [0.2, 0.25) is 5.52 Å². The molecule has 1 heterocycles. The van der Waals surface area contributed by atoms with Crippen LogP contribution in [0.2, 0.25) is 0 Å². The average molecular weight is 198 g/mol. The molecule has 0 atom stereocenters. The number of para-hydroxylation sites is 1. The fourth-order valence-corrected chi connectivity index (χ4v) is 1.94. The van der Waals surface area contributed by atoms with Gasteiger partial charge in [-0.2, -0.15) is 4.57 Å². The predicted molar refractivity (Wildman–Crippen MR) is 64.5 cm³/mol. The van der Waals surface area contributed by atoms with E-state index in [1.807, 2.05) is 6.92 Å². The molecule has 0 spiro atoms. The summed E-state index contributed by atoms with van der Waals surface area (Å²) in [7, 11) is 0. The maximum Gasteiger partial charge on any atom is 0.221 e. The molecule has 0 aliphatic carbocycles. The standard InChI is InChI=1S/C14H16N/c1-3-10-15-11-6-9-13-8-5-7-12(4-2)14(13)15/h3,5-11H,4H2,1-2H3/q+1/b10-3+. The summed E-state index contributed by atoms with van der Waals surface area (Å²) in [6, 6.07) is 10.7. The van der Waals surface area contributed by atoms with Crippen LogP contribution in [0.5, 0.6) is 0 Å². The molecule has 0 aliphatic heterocycles. The Kier molecular flexibility index (Phi) is 2.82. The van der Waals surface area contributed by atoms with Crippen molar-refractivity contribution in [1.82, 2.24) is 0 Å². The number of fused-ring (bicyclic) bond motifs is 1. The molecule has 1 nitrogen and oxygen atoms in total. The molecular weight excluding hydrogens is 182 g/mol. The molecule has 0 saturated carbocycles. The van der Waals surface area contributed by atoms with Gasteiger partial charge in [-0.25, -0.2) is 0 Å². The first kappa shape index (κ1) is 9.91. The largest absolute Gasteiger partial charge is 0.221 e. The van der Waals surface area contributed by atoms with E-state index in [1.165, 1.54) is 16.5 Å². The first-order valence-electron chi connectivity index (χ1n) is 5.41. The van der Waals surface area contributed by atoms with Crippen LogP contribution in [0.25, 0.3) is 17.1 Å². The lowest BCUT2D eigenvalue weighted by Crippen LogP contribution is -2.27. The third-order valence-electron chi connectivity index (χ3n) is 2.62. The molecule has 0 bridgehead atoms. The number of pyridine rings is 1. The summed E-state index contributed by atoms with van der Waals surface area (Å²) in [5, 5.41) is 1.30. The van der Waals surface area contributed by atoms with E-state index in [0.717, 1.165) is 6.42 Å². The van der Waals surface area contributed by atoms with Gasteiger partial charge in [0.25, 0.3) is 0 Å². The van der Waals surface area contributed by atoms with Crippen molar-refractivity contribution >= 4 is 17.1 Å². The molecule has 76 valence electrons. The number of nitrogens with zero attached hydrogens (tertiary/aromatic N) is 1. The van der Waals surface area contributed by atoms with Crippen molar-refractivity contribution in [1.29, 1.82) is 0 Å². The Morgan fingerprint density at radius 2 is 2.00 bits per heavy atom. The highest BCUT2D eigenvalue weighted by atomic mass is 14.9. The number of allylic oxidation sites excluding steroid dienone is 1. The van der Waals surface area contributed by atoms with Crippen LogP contribution in [0.15, 0.2) is 42.6 Å². The minimum atomic E-state index is 1.07. The lowest BCUT2D eigenvalue weighted by atomic mass is 10.1. The molecule has 15 heavy (non-hydrogen) atoms. The third-order valence-corrected chi connectivity index (χ3v) is 2.62. The number of aryl methyl sites for hydroxylation is 1. The second-order valence-electron chi connectivity index (χ2n) is 3.61. The van der Waals surface area contributed by atoms with Gasteiger partial charge in [0.1, 0.15) is 0 Å². The first-order chi connectivity index (χ1) is 7.36. The van der Waals surface area contributed by atoms with Crippen LogP contribution < -0.4 is 4.57 Å². The second kappa shape index (κ2) is 4.26. The average Bonchev–Trinajstić information content (AvgIpc) is 2.29. The van der Waals surface area contributed by atoms with E-state index in [4.69, 9.17) is 0 Å². The van der Waals surface area contributed by atoms with Gasteiger partial charge < -0.3 is 0 Å². The van der Waals surface area contributed by atoms with Crippen molar-refractivity contribution in [3.05, 3.63) is 48.2 Å². The summed E-state index contributed by atoms with van der Waals surface area (Å²) in [4.78, 5) is 0. The molecule has 1 aromatic heterocycles. The van der Waals surface area contributed by atoms with E-state index < -0.39 is 0 Å². The van der Waals surface area contributed by atoms with Crippen LogP contribution in [0.4, 0.5) is 0 Å². The van der Waals surface area contributed by atoms with Gasteiger partial charge in [-0.15, -0.1) is 0 Å². The smallest absolute Gasteiger partial charge is 0.167 e. The SMILES string of the molecule is C/C=C/[n+]1cccc2cccc(CC)c21. The topological polar surface area (TPSA) is 3.88 Å². The van der Waals surface area contributed by atoms with Crippen LogP contribution in [-0.2, 0) is 6.42 Å². The molecule has 0 fully saturated rings. The molecule has 0 unspecified atom stereocenters. The molecule has 2 aromatic rings. The molecule has 1 heteroatoms. The number of aromatic nitrogens is 1. The van der Waals surface area contributed by atoms with Gasteiger partial charge in [-0.3, -0.25) is 0 Å². The summed E-state index contributed by atoms with van der Waals surface area (Å²) in [6.07, 6.45) is 7.33. The fourth-order valence-electron chi connectivity index (χ4n) is 1.94. The van der Waals surface area contributed by atoms with Crippen LogP contribution in [0.3, 0.4) is 0 Å². The summed E-state index contributed by atoms with van der Waals surface area (Å²) < 4.78 is 2.19. The summed E-state index contributed by atoms with van der Waals surface area (Å²) in [5.74, 6) is 0. The maximum absolute atomic E-state index is 2.20. The number of hydrogen-bond donors (Lipinski definition) is 0. The Bertz CT molecular complexity index is 492. The van der Waals surface area contributed by atoms with Gasteiger partial charge in [0.05, 0.1) is 0 Å². The molecule has 1 aromatic carbocycles. The van der Waals surface area contributed by atoms with Gasteiger partial charge in [0, 0.05) is 17.0 Å². The molecule has 0 aliphatic rings. The van der Waals surface area contributed by atoms with Crippen molar-refractivity contribution in [2.45, 2.75) is 20.3 Å². The minimum absolute atomic E-state index is 1.07. The van der Waals surface area contributed by atoms with Crippen LogP contribution in [0.1, 0.15) is 19.4 Å². The molecule has 0 amide bonds. The van der Waals surface area contributed by atoms with E-state index in [1.54, 1.807) is 0 Å². The van der Waals surface area contributed by atoms with Crippen LogP contribution in [0, 0.1) is 0 Å². The summed E-state index contributed by atoms with van der Waals surface area (Å²) >= 11 is 0. The Labute approximate surface area is 90.7 Å². The minimum Gasteiger partial charge on any atom is -0.167 e. The van der Waals surface area contributed by atoms with Crippen molar-refractivity contribution < 1.29 is 4.57 Å². The number of hydrogen-bond acceptors (Lipinski definition) is 0. The van der Waals surface area contributed by atoms with Gasteiger partial charge in [-0.1, -0.05) is 19.1 Å². The highest BCUT2D eigenvalue weighted by Crippen LogP contribution is 2.15. The lowest BCUT2D eigenvalue weighted by molar-refractivity contribution is -0.539. The van der Waals surface area contributed by atoms with E-state index in [9.17, 15) is 0 Å². The predicted octanol–water partition coefficient (Wildman–Crippen LogP) is 3.18. The van der Waals surface area contributed by atoms with Crippen molar-refractivity contribution in [3.63, 3.8) is 0 Å². The Hall–Kier alpha value is -1.63. The van der Waals surface area contributed by atoms with Gasteiger partial charge >= 0.3 is 0 Å². The van der Waals surface area contributed by atoms with Crippen LogP contribution in [-0.4, -0.2) is 0 Å². The Balaban J connectivity index is 2.80. The van der Waals surface area contributed by atoms with E-state index >= 15 is 0 Å². The molecule has 0 N–H and O–H groups in total. The molecule has 0 radical (unpaired) electrons. The summed E-state index contributed by atoms with van der Waals surface area (Å²) in [6.45, 7) is 4.24. The van der Waals surface area contributed by atoms with E-state index in [-0.39, 0.29) is 0 Å². The highest BCUT2D eigenvalue weighted by Gasteiger charge is 2.09. The molecule has 0 saturated heterocycles. The maximum atomic E-state index is 2.20. The zero-order chi connectivity index (χ0) is 10.7. The normalized spacial score (nSPS) is 11.3. The van der Waals surface area contributed by atoms with Gasteiger partial charge in [0.15, 0.2) is 12.4 Å². The van der Waals surface area contributed by atoms with Gasteiger partial charge in [-0.05, 0) is 31.6 Å². The van der Waals surface area contributed by atoms with Crippen LogP contribution >= 0.6 is 0 Å². The first-order valence-corrected chi connectivity index (χ1v) is 5.41. The zero-order valence-electron chi connectivity index (χ0n) is 9.27. The Morgan fingerprint density at radius 1 is 1.20 bits per heavy atom. The van der Waals surface area contributed by atoms with Crippen molar-refractivity contribution in [2.24, 2.45) is 0 Å². The fraction of sp³-hybridized carbons (Fsp3) is 0.214. The summed E-state index contributed by atoms with van der Waals surface area (Å²) in [5.41, 5.74) is 2.71. The molecule has 2 rings (SSSR count). The van der Waals surface area contributed by atoms with E-state index in [0.29, 0.717) is 0 Å². The second-order valence-corrected chi connectivity index (χ2v) is 3.61. The highest BCUT2D eigenvalue weighted by molar-refractivity contribution is 5.79.